The standard InChI is InChI=1S/C28H21N3O2/c1-19(32)25-26(21-12-4-2-5-13-21)30-31(22-15-6-3-7-16-22)28(33)27(25)29-24-18-10-14-20-11-8-9-17-23(20)24/h2-18,29H,1H3. The molecule has 0 radical (unpaired) electrons. The van der Waals surface area contributed by atoms with Gasteiger partial charge in [-0.05, 0) is 30.5 Å². The monoisotopic (exact) mass is 431 g/mol. The summed E-state index contributed by atoms with van der Waals surface area (Å²) in [6.45, 7) is 1.46. The number of nitrogens with zero attached hydrogens (tertiary/aromatic N) is 2. The van der Waals surface area contributed by atoms with Crippen LogP contribution in [0.4, 0.5) is 11.4 Å². The first kappa shape index (κ1) is 20.4. The predicted octanol–water partition coefficient (Wildman–Crippen LogP) is 6.00. The van der Waals surface area contributed by atoms with E-state index in [1.807, 2.05) is 103 Å². The molecular formula is C28H21N3O2. The van der Waals surface area contributed by atoms with Crippen molar-refractivity contribution < 1.29 is 4.79 Å². The molecule has 5 nitrogen and oxygen atoms in total. The maximum absolute atomic E-state index is 13.7. The van der Waals surface area contributed by atoms with E-state index in [0.29, 0.717) is 11.4 Å². The van der Waals surface area contributed by atoms with Gasteiger partial charge in [-0.3, -0.25) is 9.59 Å². The summed E-state index contributed by atoms with van der Waals surface area (Å²) < 4.78 is 1.35. The van der Waals surface area contributed by atoms with Crippen LogP contribution in [0.5, 0.6) is 0 Å². The van der Waals surface area contributed by atoms with Gasteiger partial charge in [-0.25, -0.2) is 0 Å². The number of ketones is 1. The van der Waals surface area contributed by atoms with Gasteiger partial charge in [0.1, 0.15) is 11.4 Å². The number of rotatable bonds is 5. The molecule has 5 heteroatoms. The summed E-state index contributed by atoms with van der Waals surface area (Å²) in [6, 6.07) is 32.4. The van der Waals surface area contributed by atoms with Gasteiger partial charge < -0.3 is 5.32 Å². The van der Waals surface area contributed by atoms with E-state index in [1.54, 1.807) is 0 Å². The van der Waals surface area contributed by atoms with Gasteiger partial charge in [0.15, 0.2) is 5.78 Å². The Morgan fingerprint density at radius 3 is 2.15 bits per heavy atom. The Bertz CT molecular complexity index is 1520. The van der Waals surface area contributed by atoms with E-state index < -0.39 is 0 Å². The lowest BCUT2D eigenvalue weighted by Gasteiger charge is -2.17. The zero-order valence-corrected chi connectivity index (χ0v) is 18.0. The van der Waals surface area contributed by atoms with Crippen LogP contribution in [-0.4, -0.2) is 15.6 Å². The number of benzene rings is 4. The number of hydrogen-bond donors (Lipinski definition) is 1. The fourth-order valence-electron chi connectivity index (χ4n) is 4.00. The molecule has 0 amide bonds. The summed E-state index contributed by atoms with van der Waals surface area (Å²) in [5.74, 6) is -0.235. The number of anilines is 2. The summed E-state index contributed by atoms with van der Waals surface area (Å²) >= 11 is 0. The van der Waals surface area contributed by atoms with Crippen molar-refractivity contribution in [3.05, 3.63) is 119 Å². The van der Waals surface area contributed by atoms with Gasteiger partial charge in [-0.15, -0.1) is 0 Å². The Balaban J connectivity index is 1.82. The Labute approximate surface area is 191 Å². The number of aromatic nitrogens is 2. The molecule has 1 heterocycles. The molecule has 160 valence electrons. The minimum atomic E-state index is -0.390. The highest BCUT2D eigenvalue weighted by molar-refractivity contribution is 6.06. The van der Waals surface area contributed by atoms with Crippen LogP contribution in [0.1, 0.15) is 17.3 Å². The van der Waals surface area contributed by atoms with Crippen LogP contribution >= 0.6 is 0 Å². The highest BCUT2D eigenvalue weighted by Gasteiger charge is 2.23. The van der Waals surface area contributed by atoms with Crippen LogP contribution in [0, 0.1) is 0 Å². The van der Waals surface area contributed by atoms with Crippen molar-refractivity contribution in [3.8, 4) is 16.9 Å². The van der Waals surface area contributed by atoms with Gasteiger partial charge in [0, 0.05) is 16.6 Å². The van der Waals surface area contributed by atoms with Gasteiger partial charge in [0.2, 0.25) is 0 Å². The molecule has 5 aromatic rings. The first-order valence-electron chi connectivity index (χ1n) is 10.7. The maximum Gasteiger partial charge on any atom is 0.295 e. The SMILES string of the molecule is CC(=O)c1c(-c2ccccc2)nn(-c2ccccc2)c(=O)c1Nc1cccc2ccccc12. The van der Waals surface area contributed by atoms with E-state index in [0.717, 1.165) is 22.0 Å². The van der Waals surface area contributed by atoms with E-state index in [-0.39, 0.29) is 22.6 Å². The summed E-state index contributed by atoms with van der Waals surface area (Å²) in [6.07, 6.45) is 0. The normalized spacial score (nSPS) is 10.8. The van der Waals surface area contributed by atoms with Gasteiger partial charge in [-0.2, -0.15) is 9.78 Å². The summed E-state index contributed by atoms with van der Waals surface area (Å²) in [4.78, 5) is 26.6. The molecule has 0 unspecified atom stereocenters. The Morgan fingerprint density at radius 2 is 1.42 bits per heavy atom. The highest BCUT2D eigenvalue weighted by Crippen LogP contribution is 2.31. The molecule has 0 saturated carbocycles. The van der Waals surface area contributed by atoms with E-state index >= 15 is 0 Å². The van der Waals surface area contributed by atoms with Gasteiger partial charge >= 0.3 is 0 Å². The van der Waals surface area contributed by atoms with Crippen molar-refractivity contribution in [1.82, 2.24) is 9.78 Å². The lowest BCUT2D eigenvalue weighted by Crippen LogP contribution is -2.27. The second-order valence-electron chi connectivity index (χ2n) is 7.73. The van der Waals surface area contributed by atoms with Gasteiger partial charge in [0.25, 0.3) is 5.56 Å². The summed E-state index contributed by atoms with van der Waals surface area (Å²) in [5, 5.41) is 9.92. The number of para-hydroxylation sites is 1. The molecule has 0 spiro atoms. The zero-order valence-electron chi connectivity index (χ0n) is 18.0. The Hall–Kier alpha value is -4.51. The van der Waals surface area contributed by atoms with E-state index in [4.69, 9.17) is 0 Å². The van der Waals surface area contributed by atoms with Crippen LogP contribution in [0.15, 0.2) is 108 Å². The first-order chi connectivity index (χ1) is 16.1. The molecule has 1 N–H and O–H groups in total. The number of nitrogens with one attached hydrogen (secondary N) is 1. The van der Waals surface area contributed by atoms with Crippen molar-refractivity contribution in [2.75, 3.05) is 5.32 Å². The van der Waals surface area contributed by atoms with E-state index in [1.165, 1.54) is 11.6 Å². The topological polar surface area (TPSA) is 64.0 Å². The van der Waals surface area contributed by atoms with Crippen molar-refractivity contribution >= 4 is 27.9 Å². The Kier molecular flexibility index (Phi) is 5.29. The van der Waals surface area contributed by atoms with Crippen LogP contribution in [-0.2, 0) is 0 Å². The average Bonchev–Trinajstić information content (AvgIpc) is 2.86. The van der Waals surface area contributed by atoms with Crippen LogP contribution in [0.25, 0.3) is 27.7 Å². The number of fused-ring (bicyclic) bond motifs is 1. The van der Waals surface area contributed by atoms with Crippen LogP contribution in [0.3, 0.4) is 0 Å². The first-order valence-corrected chi connectivity index (χ1v) is 10.7. The fourth-order valence-corrected chi connectivity index (χ4v) is 4.00. The third kappa shape index (κ3) is 3.81. The molecule has 0 aliphatic carbocycles. The zero-order chi connectivity index (χ0) is 22.8. The molecule has 0 aliphatic rings. The van der Waals surface area contributed by atoms with Crippen LogP contribution in [0.2, 0.25) is 0 Å². The summed E-state index contributed by atoms with van der Waals surface area (Å²) in [5.41, 5.74) is 2.66. The molecule has 4 aromatic carbocycles. The van der Waals surface area contributed by atoms with Crippen molar-refractivity contribution in [3.63, 3.8) is 0 Å². The maximum atomic E-state index is 13.7. The molecule has 33 heavy (non-hydrogen) atoms. The number of carbonyl (C=O) groups is 1. The fraction of sp³-hybridized carbons (Fsp3) is 0.0357. The molecule has 0 atom stereocenters. The lowest BCUT2D eigenvalue weighted by molar-refractivity contribution is 0.101. The Morgan fingerprint density at radius 1 is 0.788 bits per heavy atom. The molecule has 0 fully saturated rings. The van der Waals surface area contributed by atoms with Crippen molar-refractivity contribution in [2.24, 2.45) is 0 Å². The van der Waals surface area contributed by atoms with Gasteiger partial charge in [-0.1, -0.05) is 84.9 Å². The third-order valence-corrected chi connectivity index (χ3v) is 5.54. The number of Topliss-reactive ketones (excluding diaryl/α,β-unsaturated/α-hetero) is 1. The average molecular weight is 431 g/mol. The predicted molar refractivity (Wildman–Crippen MR) is 133 cm³/mol. The minimum Gasteiger partial charge on any atom is -0.350 e. The molecule has 0 bridgehead atoms. The second kappa shape index (κ2) is 8.55. The number of carbonyl (C=O) groups excluding carboxylic acids is 1. The molecular weight excluding hydrogens is 410 g/mol. The lowest BCUT2D eigenvalue weighted by atomic mass is 10.0. The van der Waals surface area contributed by atoms with E-state index in [2.05, 4.69) is 10.4 Å². The van der Waals surface area contributed by atoms with Crippen molar-refractivity contribution in [1.29, 1.82) is 0 Å². The highest BCUT2D eigenvalue weighted by atomic mass is 16.1. The van der Waals surface area contributed by atoms with Crippen LogP contribution < -0.4 is 10.9 Å². The quantitative estimate of drug-likeness (QED) is 0.347. The molecule has 1 aromatic heterocycles. The third-order valence-electron chi connectivity index (χ3n) is 5.54. The smallest absolute Gasteiger partial charge is 0.295 e. The second-order valence-corrected chi connectivity index (χ2v) is 7.73. The van der Waals surface area contributed by atoms with E-state index in [9.17, 15) is 9.59 Å². The molecule has 0 saturated heterocycles. The molecule has 5 rings (SSSR count). The van der Waals surface area contributed by atoms with Gasteiger partial charge in [0.05, 0.1) is 11.3 Å². The minimum absolute atomic E-state index is 0.205. The molecule has 0 aliphatic heterocycles. The summed E-state index contributed by atoms with van der Waals surface area (Å²) in [7, 11) is 0. The largest absolute Gasteiger partial charge is 0.350 e. The number of hydrogen-bond acceptors (Lipinski definition) is 4. The van der Waals surface area contributed by atoms with Crippen molar-refractivity contribution in [2.45, 2.75) is 6.92 Å².